The minimum absolute atomic E-state index is 0.135. The van der Waals surface area contributed by atoms with Crippen LogP contribution in [0, 0.1) is 11.8 Å². The molecule has 3 aromatic rings. The van der Waals surface area contributed by atoms with Gasteiger partial charge in [-0.1, -0.05) is 66.4 Å². The number of hydrogen-bond acceptors (Lipinski definition) is 6. The van der Waals surface area contributed by atoms with Gasteiger partial charge in [0, 0.05) is 12.1 Å². The van der Waals surface area contributed by atoms with Gasteiger partial charge in [-0.2, -0.15) is 0 Å². The lowest BCUT2D eigenvalue weighted by atomic mass is 10.0. The Kier molecular flexibility index (Phi) is 12.9. The molecule has 8 heteroatoms. The minimum atomic E-state index is -1.21. The van der Waals surface area contributed by atoms with E-state index in [1.165, 1.54) is 5.56 Å². The topological polar surface area (TPSA) is 89.0 Å². The predicted molar refractivity (Wildman–Crippen MR) is 156 cm³/mol. The molecule has 0 amide bonds. The fourth-order valence-electron chi connectivity index (χ4n) is 3.92. The normalized spacial score (nSPS) is 12.4. The molecular formula is C31H37N2O5P. The number of carbonyl (C=O) groups is 1. The predicted octanol–water partition coefficient (Wildman–Crippen LogP) is 5.51. The van der Waals surface area contributed by atoms with Crippen LogP contribution in [0.2, 0.25) is 0 Å². The van der Waals surface area contributed by atoms with E-state index in [1.807, 2.05) is 74.5 Å². The van der Waals surface area contributed by atoms with Crippen LogP contribution in [-0.2, 0) is 26.8 Å². The third-order valence-corrected chi connectivity index (χ3v) is 7.72. The molecule has 0 aliphatic rings. The van der Waals surface area contributed by atoms with E-state index in [0.29, 0.717) is 31.9 Å². The number of aliphatic carboxylic acids is 1. The number of ether oxygens (including phenoxy) is 1. The highest BCUT2D eigenvalue weighted by atomic mass is 31.2. The van der Waals surface area contributed by atoms with E-state index in [1.54, 1.807) is 7.05 Å². The highest BCUT2D eigenvalue weighted by molar-refractivity contribution is 7.47. The summed E-state index contributed by atoms with van der Waals surface area (Å²) in [6.45, 7) is 5.98. The average molecular weight is 549 g/mol. The van der Waals surface area contributed by atoms with Crippen molar-refractivity contribution in [3.8, 4) is 17.6 Å². The van der Waals surface area contributed by atoms with Crippen molar-refractivity contribution in [2.75, 3.05) is 26.9 Å². The summed E-state index contributed by atoms with van der Waals surface area (Å²) in [5, 5.41) is 15.7. The lowest BCUT2D eigenvalue weighted by molar-refractivity contribution is -0.139. The Balaban J connectivity index is 1.68. The van der Waals surface area contributed by atoms with Gasteiger partial charge in [0.25, 0.3) is 0 Å². The molecule has 3 aromatic carbocycles. The first-order chi connectivity index (χ1) is 19.0. The Morgan fingerprint density at radius 1 is 0.949 bits per heavy atom. The van der Waals surface area contributed by atoms with Gasteiger partial charge in [0.05, 0.1) is 13.2 Å². The third-order valence-electron chi connectivity index (χ3n) is 5.80. The lowest BCUT2D eigenvalue weighted by Gasteiger charge is -2.27. The quantitative estimate of drug-likeness (QED) is 0.171. The van der Waals surface area contributed by atoms with Crippen LogP contribution in [0.25, 0.3) is 0 Å². The maximum Gasteiger partial charge on any atom is 0.321 e. The zero-order chi connectivity index (χ0) is 27.9. The monoisotopic (exact) mass is 548 g/mol. The van der Waals surface area contributed by atoms with Crippen LogP contribution < -0.4 is 15.4 Å². The molecule has 0 heterocycles. The van der Waals surface area contributed by atoms with Gasteiger partial charge in [0.1, 0.15) is 24.2 Å². The van der Waals surface area contributed by atoms with Gasteiger partial charge >= 0.3 is 5.97 Å². The van der Waals surface area contributed by atoms with E-state index < -0.39 is 20.4 Å². The first kappa shape index (κ1) is 30.3. The highest BCUT2D eigenvalue weighted by Crippen LogP contribution is 2.51. The number of rotatable bonds is 15. The van der Waals surface area contributed by atoms with Crippen molar-refractivity contribution in [2.45, 2.75) is 38.6 Å². The first-order valence-electron chi connectivity index (χ1n) is 13.1. The molecule has 39 heavy (non-hydrogen) atoms. The molecule has 2 atom stereocenters. The molecule has 0 aliphatic heterocycles. The highest BCUT2D eigenvalue weighted by Gasteiger charge is 2.25. The smallest absolute Gasteiger partial charge is 0.321 e. The molecule has 3 rings (SSSR count). The SMILES string of the molecule is CCOP(OCC)C(NCc1ccccc1)c1cccc(OCC#Cc2cccc(CC(NC)C(=O)O)c2)c1. The molecule has 0 saturated heterocycles. The maximum atomic E-state index is 11.3. The maximum absolute atomic E-state index is 11.3. The number of likely N-dealkylation sites (N-methyl/N-ethyl adjacent to an activating group) is 1. The van der Waals surface area contributed by atoms with Gasteiger partial charge in [-0.15, -0.1) is 0 Å². The molecule has 2 unspecified atom stereocenters. The molecule has 7 nitrogen and oxygen atoms in total. The summed E-state index contributed by atoms with van der Waals surface area (Å²) < 4.78 is 18.0. The van der Waals surface area contributed by atoms with E-state index in [0.717, 1.165) is 16.7 Å². The second kappa shape index (κ2) is 16.7. The summed E-state index contributed by atoms with van der Waals surface area (Å²) in [7, 11) is 0.437. The zero-order valence-electron chi connectivity index (χ0n) is 22.7. The molecule has 0 saturated carbocycles. The summed E-state index contributed by atoms with van der Waals surface area (Å²) in [6.07, 6.45) is 0.385. The number of benzene rings is 3. The van der Waals surface area contributed by atoms with Crippen molar-refractivity contribution < 1.29 is 23.7 Å². The molecule has 0 radical (unpaired) electrons. The third kappa shape index (κ3) is 10.1. The van der Waals surface area contributed by atoms with Crippen LogP contribution in [0.4, 0.5) is 0 Å². The van der Waals surface area contributed by atoms with Gasteiger partial charge in [-0.3, -0.25) is 10.1 Å². The molecule has 206 valence electrons. The molecule has 0 fully saturated rings. The van der Waals surface area contributed by atoms with Gasteiger partial charge < -0.3 is 24.2 Å². The number of carboxylic acids is 1. The van der Waals surface area contributed by atoms with E-state index in [2.05, 4.69) is 40.7 Å². The summed E-state index contributed by atoms with van der Waals surface area (Å²) in [5.74, 6) is 5.87. The molecule has 0 aliphatic carbocycles. The van der Waals surface area contributed by atoms with Crippen molar-refractivity contribution >= 4 is 14.3 Å². The summed E-state index contributed by atoms with van der Waals surface area (Å²) >= 11 is 0. The summed E-state index contributed by atoms with van der Waals surface area (Å²) in [4.78, 5) is 11.3. The Bertz CT molecular complexity index is 1220. The number of hydrogen-bond donors (Lipinski definition) is 3. The second-order valence-corrected chi connectivity index (χ2v) is 10.2. The number of nitrogens with one attached hydrogen (secondary N) is 2. The summed E-state index contributed by atoms with van der Waals surface area (Å²) in [5.41, 5.74) is 3.93. The molecule has 3 N–H and O–H groups in total. The van der Waals surface area contributed by atoms with E-state index in [9.17, 15) is 9.90 Å². The van der Waals surface area contributed by atoms with E-state index in [4.69, 9.17) is 13.8 Å². The average Bonchev–Trinajstić information content (AvgIpc) is 2.95. The van der Waals surface area contributed by atoms with Crippen molar-refractivity contribution in [1.82, 2.24) is 10.6 Å². The van der Waals surface area contributed by atoms with Crippen molar-refractivity contribution in [3.05, 3.63) is 101 Å². The molecule has 0 bridgehead atoms. The number of carboxylic acid groups (broad SMARTS) is 1. The van der Waals surface area contributed by atoms with Gasteiger partial charge in [-0.25, -0.2) is 0 Å². The Labute approximate surface area is 232 Å². The van der Waals surface area contributed by atoms with Gasteiger partial charge in [0.2, 0.25) is 0 Å². The first-order valence-corrected chi connectivity index (χ1v) is 14.3. The van der Waals surface area contributed by atoms with Crippen LogP contribution >= 0.6 is 8.38 Å². The largest absolute Gasteiger partial charge is 0.481 e. The van der Waals surface area contributed by atoms with Crippen LogP contribution in [0.15, 0.2) is 78.9 Å². The minimum Gasteiger partial charge on any atom is -0.481 e. The van der Waals surface area contributed by atoms with Crippen LogP contribution in [0.5, 0.6) is 5.75 Å². The van der Waals surface area contributed by atoms with Crippen molar-refractivity contribution in [1.29, 1.82) is 0 Å². The van der Waals surface area contributed by atoms with Gasteiger partial charge in [-0.05, 0) is 68.3 Å². The van der Waals surface area contributed by atoms with Gasteiger partial charge in [0.15, 0.2) is 8.38 Å². The van der Waals surface area contributed by atoms with Crippen molar-refractivity contribution in [3.63, 3.8) is 0 Å². The Hall–Kier alpha value is -3.24. The van der Waals surface area contributed by atoms with E-state index >= 15 is 0 Å². The van der Waals surface area contributed by atoms with Crippen LogP contribution in [-0.4, -0.2) is 44.0 Å². The Morgan fingerprint density at radius 2 is 1.67 bits per heavy atom. The fourth-order valence-corrected chi connectivity index (χ4v) is 5.45. The van der Waals surface area contributed by atoms with Crippen LogP contribution in [0.3, 0.4) is 0 Å². The second-order valence-electron chi connectivity index (χ2n) is 8.64. The molecule has 0 spiro atoms. The molecular weight excluding hydrogens is 511 g/mol. The van der Waals surface area contributed by atoms with Crippen molar-refractivity contribution in [2.24, 2.45) is 0 Å². The fraction of sp³-hybridized carbons (Fsp3) is 0.323. The zero-order valence-corrected chi connectivity index (χ0v) is 23.6. The van der Waals surface area contributed by atoms with E-state index in [-0.39, 0.29) is 12.4 Å². The summed E-state index contributed by atoms with van der Waals surface area (Å²) in [6, 6.07) is 25.1. The standard InChI is InChI=1S/C31H37N2O5P/c1-4-37-39(38-5-2)30(33-23-25-12-7-6-8-13-25)27-17-10-18-28(22-27)36-19-11-16-24-14-9-15-26(20-24)21-29(32-3)31(34)35/h6-10,12-15,17-18,20,22,29-30,32-33H,4-5,19,21,23H2,1-3H3,(H,34,35). The Morgan fingerprint density at radius 3 is 2.36 bits per heavy atom. The van der Waals surface area contributed by atoms with Crippen LogP contribution in [0.1, 0.15) is 41.9 Å². The molecule has 0 aromatic heterocycles. The lowest BCUT2D eigenvalue weighted by Crippen LogP contribution is -2.35.